The lowest BCUT2D eigenvalue weighted by atomic mass is 10.0. The number of benzene rings is 1. The Morgan fingerprint density at radius 1 is 0.500 bits per heavy atom. The fourth-order valence-corrected chi connectivity index (χ4v) is 4.20. The van der Waals surface area contributed by atoms with E-state index in [1.807, 2.05) is 0 Å². The maximum Gasteiger partial charge on any atom is 0.101 e. The molecule has 0 heterocycles. The molecule has 28 heavy (non-hydrogen) atoms. The van der Waals surface area contributed by atoms with Crippen molar-refractivity contribution >= 4 is 10.2 Å². The topological polar surface area (TPSA) is 16.6 Å². The molecule has 0 aliphatic rings. The zero-order valence-electron chi connectivity index (χ0n) is 18.6. The highest BCUT2D eigenvalue weighted by molar-refractivity contribution is 6.08. The van der Waals surface area contributed by atoms with Crippen LogP contribution in [-0.2, 0) is 6.54 Å². The summed E-state index contributed by atoms with van der Waals surface area (Å²) >= 11 is 0. The van der Waals surface area contributed by atoms with E-state index in [1.54, 1.807) is 0 Å². The summed E-state index contributed by atoms with van der Waals surface area (Å²) in [6.07, 6.45) is 24.6. The van der Waals surface area contributed by atoms with Gasteiger partial charge >= 0.3 is 0 Å². The molecule has 0 aliphatic heterocycles. The van der Waals surface area contributed by atoms with E-state index < -0.39 is 0 Å². The summed E-state index contributed by atoms with van der Waals surface area (Å²) in [4.78, 5) is 0. The quantitative estimate of drug-likeness (QED) is 0.169. The van der Waals surface area contributed by atoms with Crippen molar-refractivity contribution in [3.05, 3.63) is 35.9 Å². The van der Waals surface area contributed by atoms with Crippen molar-refractivity contribution in [1.82, 2.24) is 0 Å². The summed E-state index contributed by atoms with van der Waals surface area (Å²) in [6, 6.07) is 12.0. The maximum absolute atomic E-state index is 3.55. The first-order chi connectivity index (χ1) is 13.9. The van der Waals surface area contributed by atoms with Crippen LogP contribution in [0.1, 0.15) is 115 Å². The van der Waals surface area contributed by atoms with E-state index in [9.17, 15) is 0 Å². The molecule has 0 bridgehead atoms. The normalized spacial score (nSPS) is 11.2. The van der Waals surface area contributed by atoms with Gasteiger partial charge in [-0.25, -0.2) is 0 Å². The largest absolute Gasteiger partial charge is 0.343 e. The fraction of sp³-hybridized carbons (Fsp3) is 0.769. The summed E-state index contributed by atoms with van der Waals surface area (Å²) in [6.45, 7) is 2.42. The maximum atomic E-state index is 3.55. The molecule has 1 aromatic rings. The van der Waals surface area contributed by atoms with E-state index >= 15 is 0 Å². The molecule has 0 unspecified atom stereocenters. The molecule has 2 N–H and O–H groups in total. The molecule has 0 atom stereocenters. The van der Waals surface area contributed by atoms with E-state index in [0.717, 1.165) is 6.54 Å². The average molecular weight is 402 g/mol. The van der Waals surface area contributed by atoms with E-state index in [-0.39, 0.29) is 0 Å². The summed E-state index contributed by atoms with van der Waals surface area (Å²) in [7, 11) is 3.55. The van der Waals surface area contributed by atoms with Crippen molar-refractivity contribution < 1.29 is 5.32 Å². The molecule has 0 amide bonds. The molecule has 1 rings (SSSR count). The number of rotatable bonds is 21. The standard InChI is InChI=1S/C26H46NSi/c28-24-20-15-13-11-9-7-5-3-1-2-4-6-8-10-12-14-19-23-27-25-26-21-17-16-18-22-26/h16-18,21-22,27H,1-15,19-20,23-25H2/p+1. The summed E-state index contributed by atoms with van der Waals surface area (Å²) in [5.41, 5.74) is 1.45. The van der Waals surface area contributed by atoms with Crippen LogP contribution in [0, 0.1) is 0 Å². The highest BCUT2D eigenvalue weighted by atomic mass is 28.1. The number of quaternary nitrogens is 1. The number of unbranched alkanes of at least 4 members (excludes halogenated alkanes) is 16. The molecule has 3 radical (unpaired) electrons. The Kier molecular flexibility index (Phi) is 19.2. The van der Waals surface area contributed by atoms with Crippen molar-refractivity contribution in [2.24, 2.45) is 0 Å². The van der Waals surface area contributed by atoms with Gasteiger partial charge in [0.15, 0.2) is 0 Å². The number of hydrogen-bond acceptors (Lipinski definition) is 0. The van der Waals surface area contributed by atoms with Crippen LogP contribution >= 0.6 is 0 Å². The van der Waals surface area contributed by atoms with Crippen molar-refractivity contribution in [1.29, 1.82) is 0 Å². The van der Waals surface area contributed by atoms with Gasteiger partial charge in [-0.15, -0.1) is 0 Å². The molecular formula is C26H47NSi+. The van der Waals surface area contributed by atoms with Crippen LogP contribution < -0.4 is 5.32 Å². The molecule has 0 spiro atoms. The number of nitrogens with two attached hydrogens (primary N) is 1. The van der Waals surface area contributed by atoms with Crippen LogP contribution in [0.25, 0.3) is 0 Å². The lowest BCUT2D eigenvalue weighted by Crippen LogP contribution is -2.82. The summed E-state index contributed by atoms with van der Waals surface area (Å²) in [5.74, 6) is 0. The minimum atomic E-state index is 1.14. The van der Waals surface area contributed by atoms with Crippen LogP contribution in [-0.4, -0.2) is 16.8 Å². The third-order valence-corrected chi connectivity index (χ3v) is 6.16. The third kappa shape index (κ3) is 17.5. The van der Waals surface area contributed by atoms with Crippen LogP contribution in [0.4, 0.5) is 0 Å². The molecule has 1 aromatic carbocycles. The predicted molar refractivity (Wildman–Crippen MR) is 126 cm³/mol. The Bertz CT molecular complexity index is 406. The van der Waals surface area contributed by atoms with E-state index in [0.29, 0.717) is 0 Å². The molecule has 0 saturated heterocycles. The number of hydrogen-bond donors (Lipinski definition) is 1. The minimum absolute atomic E-state index is 1.14. The van der Waals surface area contributed by atoms with Gasteiger partial charge in [-0.1, -0.05) is 133 Å². The van der Waals surface area contributed by atoms with Gasteiger partial charge in [-0.3, -0.25) is 0 Å². The van der Waals surface area contributed by atoms with Crippen molar-refractivity contribution in [2.45, 2.75) is 122 Å². The molecule has 1 nitrogen and oxygen atoms in total. The molecule has 159 valence electrons. The first-order valence-corrected chi connectivity index (χ1v) is 13.1. The highest BCUT2D eigenvalue weighted by Gasteiger charge is 1.97. The molecule has 0 saturated carbocycles. The zero-order chi connectivity index (χ0) is 20.0. The SMILES string of the molecule is [Si]CCCCCCCCCCCCCCCCCCC[NH2+]Cc1ccccc1. The Hall–Kier alpha value is -0.603. The lowest BCUT2D eigenvalue weighted by molar-refractivity contribution is -0.671. The fourth-order valence-electron chi connectivity index (χ4n) is 3.95. The molecule has 0 aliphatic carbocycles. The monoisotopic (exact) mass is 401 g/mol. The minimum Gasteiger partial charge on any atom is -0.343 e. The first kappa shape index (κ1) is 25.4. The van der Waals surface area contributed by atoms with Crippen molar-refractivity contribution in [2.75, 3.05) is 6.54 Å². The molecule has 2 heteroatoms. The van der Waals surface area contributed by atoms with Crippen molar-refractivity contribution in [3.63, 3.8) is 0 Å². The van der Waals surface area contributed by atoms with E-state index in [4.69, 9.17) is 0 Å². The van der Waals surface area contributed by atoms with Crippen LogP contribution in [0.2, 0.25) is 6.04 Å². The van der Waals surface area contributed by atoms with Gasteiger partial charge in [0.2, 0.25) is 0 Å². The Balaban J connectivity index is 1.67. The average Bonchev–Trinajstić information content (AvgIpc) is 2.73. The van der Waals surface area contributed by atoms with Gasteiger partial charge in [-0.2, -0.15) is 0 Å². The second kappa shape index (κ2) is 21.1. The molecular weight excluding hydrogens is 354 g/mol. The van der Waals surface area contributed by atoms with Gasteiger partial charge in [0, 0.05) is 15.8 Å². The van der Waals surface area contributed by atoms with Gasteiger partial charge in [0.05, 0.1) is 6.54 Å². The summed E-state index contributed by atoms with van der Waals surface area (Å²) < 4.78 is 0. The van der Waals surface area contributed by atoms with Gasteiger partial charge < -0.3 is 5.32 Å². The predicted octanol–water partition coefficient (Wildman–Crippen LogP) is 6.97. The van der Waals surface area contributed by atoms with Crippen LogP contribution in [0.3, 0.4) is 0 Å². The van der Waals surface area contributed by atoms with Crippen molar-refractivity contribution in [3.8, 4) is 0 Å². The van der Waals surface area contributed by atoms with Crippen LogP contribution in [0.15, 0.2) is 30.3 Å². The molecule has 0 fully saturated rings. The zero-order valence-corrected chi connectivity index (χ0v) is 19.6. The van der Waals surface area contributed by atoms with Gasteiger partial charge in [-0.05, 0) is 12.8 Å². The Morgan fingerprint density at radius 2 is 0.893 bits per heavy atom. The lowest BCUT2D eigenvalue weighted by Gasteiger charge is -2.04. The van der Waals surface area contributed by atoms with Gasteiger partial charge in [0.1, 0.15) is 6.54 Å². The van der Waals surface area contributed by atoms with E-state index in [2.05, 4.69) is 45.9 Å². The highest BCUT2D eigenvalue weighted by Crippen LogP contribution is 2.14. The molecule has 0 aromatic heterocycles. The summed E-state index contributed by atoms with van der Waals surface area (Å²) in [5, 5.41) is 2.46. The smallest absolute Gasteiger partial charge is 0.101 e. The second-order valence-corrected chi connectivity index (χ2v) is 9.03. The Labute approximate surface area is 179 Å². The second-order valence-electron chi connectivity index (χ2n) is 8.53. The van der Waals surface area contributed by atoms with Gasteiger partial charge in [0.25, 0.3) is 0 Å². The Morgan fingerprint density at radius 3 is 1.32 bits per heavy atom. The third-order valence-electron chi connectivity index (χ3n) is 5.81. The first-order valence-electron chi connectivity index (χ1n) is 12.4. The van der Waals surface area contributed by atoms with E-state index in [1.165, 1.54) is 127 Å². The van der Waals surface area contributed by atoms with Crippen LogP contribution in [0.5, 0.6) is 0 Å².